The Morgan fingerprint density at radius 1 is 1.21 bits per heavy atom. The Balaban J connectivity index is 1.60. The van der Waals surface area contributed by atoms with Crippen LogP contribution >= 0.6 is 11.8 Å². The lowest BCUT2D eigenvalue weighted by Gasteiger charge is -2.20. The van der Waals surface area contributed by atoms with Crippen LogP contribution < -0.4 is 5.32 Å². The van der Waals surface area contributed by atoms with E-state index < -0.39 is 0 Å². The smallest absolute Gasteiger partial charge is 0.272 e. The number of carbonyl (C=O) groups is 2. The van der Waals surface area contributed by atoms with Gasteiger partial charge in [-0.15, -0.1) is 0 Å². The molecule has 0 saturated heterocycles. The monoisotopic (exact) mass is 414 g/mol. The van der Waals surface area contributed by atoms with Crippen LogP contribution in [0, 0.1) is 6.92 Å². The van der Waals surface area contributed by atoms with Crippen molar-refractivity contribution in [2.75, 3.05) is 24.6 Å². The molecule has 2 heterocycles. The van der Waals surface area contributed by atoms with E-state index in [1.165, 1.54) is 12.0 Å². The van der Waals surface area contributed by atoms with E-state index in [-0.39, 0.29) is 11.8 Å². The van der Waals surface area contributed by atoms with Crippen LogP contribution in [0.2, 0.25) is 0 Å². The lowest BCUT2D eigenvalue weighted by atomic mass is 10.1. The minimum atomic E-state index is -0.205. The SMILES string of the molecule is CCCSCCCNC(=O)c1cc2n(n1)CCCN(Cc1ccc(C)cc1)C2=O. The lowest BCUT2D eigenvalue weighted by molar-refractivity contribution is 0.0745. The number of aromatic nitrogens is 2. The number of carbonyl (C=O) groups excluding carboxylic acids is 2. The van der Waals surface area contributed by atoms with Crippen LogP contribution in [0.3, 0.4) is 0 Å². The van der Waals surface area contributed by atoms with E-state index in [0.29, 0.717) is 37.6 Å². The largest absolute Gasteiger partial charge is 0.351 e. The fourth-order valence-corrected chi connectivity index (χ4v) is 4.16. The van der Waals surface area contributed by atoms with Crippen LogP contribution in [-0.2, 0) is 13.1 Å². The van der Waals surface area contributed by atoms with Crippen molar-refractivity contribution < 1.29 is 9.59 Å². The highest BCUT2D eigenvalue weighted by Crippen LogP contribution is 2.17. The van der Waals surface area contributed by atoms with Gasteiger partial charge in [0, 0.05) is 32.2 Å². The molecule has 1 aromatic heterocycles. The van der Waals surface area contributed by atoms with Crippen LogP contribution in [-0.4, -0.2) is 51.1 Å². The number of nitrogens with zero attached hydrogens (tertiary/aromatic N) is 3. The summed E-state index contributed by atoms with van der Waals surface area (Å²) in [4.78, 5) is 27.3. The summed E-state index contributed by atoms with van der Waals surface area (Å²) >= 11 is 1.91. The van der Waals surface area contributed by atoms with Crippen LogP contribution in [0.15, 0.2) is 30.3 Å². The molecule has 0 fully saturated rings. The normalized spacial score (nSPS) is 13.9. The van der Waals surface area contributed by atoms with Gasteiger partial charge in [0.1, 0.15) is 5.69 Å². The average Bonchev–Trinajstić information content (AvgIpc) is 3.09. The maximum atomic E-state index is 13.0. The maximum Gasteiger partial charge on any atom is 0.272 e. The summed E-state index contributed by atoms with van der Waals surface area (Å²) in [5.41, 5.74) is 3.13. The van der Waals surface area contributed by atoms with Crippen molar-refractivity contribution in [2.45, 2.75) is 46.2 Å². The minimum Gasteiger partial charge on any atom is -0.351 e. The quantitative estimate of drug-likeness (QED) is 0.638. The molecule has 1 aliphatic rings. The zero-order valence-electron chi connectivity index (χ0n) is 17.3. The highest BCUT2D eigenvalue weighted by Gasteiger charge is 2.26. The Morgan fingerprint density at radius 2 is 2.00 bits per heavy atom. The molecule has 0 unspecified atom stereocenters. The van der Waals surface area contributed by atoms with E-state index in [1.807, 2.05) is 16.7 Å². The van der Waals surface area contributed by atoms with Crippen molar-refractivity contribution in [1.82, 2.24) is 20.0 Å². The minimum absolute atomic E-state index is 0.0643. The summed E-state index contributed by atoms with van der Waals surface area (Å²) in [6.45, 7) is 6.75. The highest BCUT2D eigenvalue weighted by molar-refractivity contribution is 7.99. The van der Waals surface area contributed by atoms with Crippen LogP contribution in [0.4, 0.5) is 0 Å². The van der Waals surface area contributed by atoms with Gasteiger partial charge >= 0.3 is 0 Å². The third kappa shape index (κ3) is 5.85. The first-order valence-corrected chi connectivity index (χ1v) is 11.5. The summed E-state index contributed by atoms with van der Waals surface area (Å²) < 4.78 is 1.68. The molecular weight excluding hydrogens is 384 g/mol. The first-order chi connectivity index (χ1) is 14.1. The Hall–Kier alpha value is -2.28. The molecule has 1 N–H and O–H groups in total. The molecule has 156 valence electrons. The molecule has 2 aromatic rings. The van der Waals surface area contributed by atoms with Gasteiger partial charge in [0.25, 0.3) is 11.8 Å². The standard InChI is InChI=1S/C22H30N4O2S/c1-3-13-29-14-4-10-23-21(27)19-15-20-22(28)25(11-5-12-26(20)24-19)16-18-8-6-17(2)7-9-18/h6-9,15H,3-5,10-14,16H2,1-2H3,(H,23,27). The number of hydrogen-bond acceptors (Lipinski definition) is 4. The van der Waals surface area contributed by atoms with Crippen molar-refractivity contribution in [2.24, 2.45) is 0 Å². The predicted molar refractivity (Wildman–Crippen MR) is 117 cm³/mol. The first kappa shape index (κ1) is 21.4. The van der Waals surface area contributed by atoms with E-state index in [4.69, 9.17) is 0 Å². The van der Waals surface area contributed by atoms with Crippen LogP contribution in [0.25, 0.3) is 0 Å². The number of nitrogens with one attached hydrogen (secondary N) is 1. The van der Waals surface area contributed by atoms with E-state index in [0.717, 1.165) is 29.9 Å². The van der Waals surface area contributed by atoms with Gasteiger partial charge in [0.05, 0.1) is 0 Å². The molecule has 29 heavy (non-hydrogen) atoms. The molecule has 0 spiro atoms. The van der Waals surface area contributed by atoms with Crippen molar-refractivity contribution in [3.8, 4) is 0 Å². The van der Waals surface area contributed by atoms with Gasteiger partial charge in [-0.2, -0.15) is 16.9 Å². The summed E-state index contributed by atoms with van der Waals surface area (Å²) in [7, 11) is 0. The second-order valence-corrected chi connectivity index (χ2v) is 8.65. The average molecular weight is 415 g/mol. The maximum absolute atomic E-state index is 13.0. The third-order valence-corrected chi connectivity index (χ3v) is 6.18. The zero-order valence-corrected chi connectivity index (χ0v) is 18.1. The molecule has 2 amide bonds. The molecule has 6 nitrogen and oxygen atoms in total. The number of thioether (sulfide) groups is 1. The second-order valence-electron chi connectivity index (χ2n) is 7.43. The molecule has 0 atom stereocenters. The van der Waals surface area contributed by atoms with Gasteiger partial charge in [0.2, 0.25) is 0 Å². The van der Waals surface area contributed by atoms with Gasteiger partial charge in [-0.3, -0.25) is 14.3 Å². The second kappa shape index (κ2) is 10.5. The van der Waals surface area contributed by atoms with Gasteiger partial charge in [0.15, 0.2) is 5.69 Å². The van der Waals surface area contributed by atoms with E-state index in [2.05, 4.69) is 48.5 Å². The zero-order chi connectivity index (χ0) is 20.6. The van der Waals surface area contributed by atoms with Crippen molar-refractivity contribution in [3.05, 3.63) is 52.8 Å². The Kier molecular flexibility index (Phi) is 7.75. The predicted octanol–water partition coefficient (Wildman–Crippen LogP) is 3.50. The van der Waals surface area contributed by atoms with Crippen molar-refractivity contribution >= 4 is 23.6 Å². The molecule has 0 saturated carbocycles. The molecule has 3 rings (SSSR count). The molecule has 0 radical (unpaired) electrons. The van der Waals surface area contributed by atoms with Gasteiger partial charge in [-0.25, -0.2) is 0 Å². The Morgan fingerprint density at radius 3 is 2.76 bits per heavy atom. The number of hydrogen-bond donors (Lipinski definition) is 1. The summed E-state index contributed by atoms with van der Waals surface area (Å²) in [6, 6.07) is 9.87. The van der Waals surface area contributed by atoms with Crippen molar-refractivity contribution in [1.29, 1.82) is 0 Å². The Bertz CT molecular complexity index is 832. The fourth-order valence-electron chi connectivity index (χ4n) is 3.32. The van der Waals surface area contributed by atoms with Gasteiger partial charge < -0.3 is 10.2 Å². The van der Waals surface area contributed by atoms with Crippen LogP contribution in [0.5, 0.6) is 0 Å². The molecule has 7 heteroatoms. The molecule has 0 aliphatic carbocycles. The number of amides is 2. The number of fused-ring (bicyclic) bond motifs is 1. The van der Waals surface area contributed by atoms with E-state index in [1.54, 1.807) is 10.7 Å². The van der Waals surface area contributed by atoms with E-state index >= 15 is 0 Å². The summed E-state index contributed by atoms with van der Waals surface area (Å²) in [6.07, 6.45) is 2.93. The molecule has 1 aliphatic heterocycles. The fraction of sp³-hybridized carbons (Fsp3) is 0.500. The number of rotatable bonds is 9. The topological polar surface area (TPSA) is 67.2 Å². The molecular formula is C22H30N4O2S. The van der Waals surface area contributed by atoms with Crippen LogP contribution in [0.1, 0.15) is 58.3 Å². The molecule has 0 bridgehead atoms. The van der Waals surface area contributed by atoms with Crippen molar-refractivity contribution in [3.63, 3.8) is 0 Å². The van der Waals surface area contributed by atoms with Gasteiger partial charge in [-0.05, 0) is 43.3 Å². The highest BCUT2D eigenvalue weighted by atomic mass is 32.2. The first-order valence-electron chi connectivity index (χ1n) is 10.4. The Labute approximate surface area is 177 Å². The van der Waals surface area contributed by atoms with E-state index in [9.17, 15) is 9.59 Å². The van der Waals surface area contributed by atoms with Gasteiger partial charge in [-0.1, -0.05) is 36.8 Å². The summed E-state index contributed by atoms with van der Waals surface area (Å²) in [5, 5.41) is 7.31. The number of aryl methyl sites for hydroxylation is 2. The number of benzene rings is 1. The molecule has 1 aromatic carbocycles. The third-order valence-electron chi connectivity index (χ3n) is 4.91. The summed E-state index contributed by atoms with van der Waals surface area (Å²) in [5.74, 6) is 1.93. The lowest BCUT2D eigenvalue weighted by Crippen LogP contribution is -2.30.